The van der Waals surface area contributed by atoms with Crippen molar-refractivity contribution in [1.82, 2.24) is 10.2 Å². The zero-order valence-corrected chi connectivity index (χ0v) is 28.0. The van der Waals surface area contributed by atoms with Crippen molar-refractivity contribution in [2.45, 2.75) is 50.2 Å². The number of sulfonamides is 1. The van der Waals surface area contributed by atoms with E-state index in [1.54, 1.807) is 42.5 Å². The van der Waals surface area contributed by atoms with Crippen LogP contribution in [0.4, 0.5) is 5.69 Å². The van der Waals surface area contributed by atoms with E-state index in [4.69, 9.17) is 4.74 Å². The topological polar surface area (TPSA) is 96.0 Å². The molecule has 0 heterocycles. The number of anilines is 1. The summed E-state index contributed by atoms with van der Waals surface area (Å²) in [6.07, 6.45) is 0.963. The van der Waals surface area contributed by atoms with Crippen LogP contribution in [0, 0.1) is 0 Å². The summed E-state index contributed by atoms with van der Waals surface area (Å²) in [5, 5.41) is 3.05. The molecular formula is C35H38BrN3O5S. The normalized spacial score (nSPS) is 12.5. The lowest BCUT2D eigenvalue weighted by Crippen LogP contribution is -2.54. The number of halogens is 1. The van der Waals surface area contributed by atoms with Gasteiger partial charge in [-0.05, 0) is 73.0 Å². The van der Waals surface area contributed by atoms with Gasteiger partial charge in [0.2, 0.25) is 11.8 Å². The maximum Gasteiger partial charge on any atom is 0.264 e. The van der Waals surface area contributed by atoms with Gasteiger partial charge >= 0.3 is 0 Å². The lowest BCUT2D eigenvalue weighted by atomic mass is 10.0. The first-order valence-corrected chi connectivity index (χ1v) is 17.0. The molecule has 0 aliphatic heterocycles. The number of nitrogens with zero attached hydrogens (tertiary/aromatic N) is 2. The van der Waals surface area contributed by atoms with Gasteiger partial charge in [0.1, 0.15) is 18.3 Å². The number of amides is 2. The van der Waals surface area contributed by atoms with Gasteiger partial charge in [0.05, 0.1) is 17.7 Å². The van der Waals surface area contributed by atoms with Crippen LogP contribution in [0.5, 0.6) is 5.75 Å². The predicted octanol–water partition coefficient (Wildman–Crippen LogP) is 6.21. The Morgan fingerprint density at radius 3 is 2.09 bits per heavy atom. The predicted molar refractivity (Wildman–Crippen MR) is 180 cm³/mol. The molecule has 0 aromatic heterocycles. The molecule has 4 rings (SSSR count). The highest BCUT2D eigenvalue weighted by Crippen LogP contribution is 2.26. The van der Waals surface area contributed by atoms with Crippen LogP contribution in [0.15, 0.2) is 119 Å². The number of hydrogen-bond donors (Lipinski definition) is 1. The van der Waals surface area contributed by atoms with Crippen LogP contribution < -0.4 is 14.4 Å². The number of ether oxygens (including phenoxy) is 1. The highest BCUT2D eigenvalue weighted by molar-refractivity contribution is 9.10. The Labute approximate surface area is 274 Å². The van der Waals surface area contributed by atoms with Gasteiger partial charge in [0.15, 0.2) is 0 Å². The smallest absolute Gasteiger partial charge is 0.264 e. The quantitative estimate of drug-likeness (QED) is 0.170. The van der Waals surface area contributed by atoms with Crippen molar-refractivity contribution in [3.63, 3.8) is 0 Å². The van der Waals surface area contributed by atoms with Gasteiger partial charge in [-0.1, -0.05) is 83.5 Å². The van der Waals surface area contributed by atoms with Crippen molar-refractivity contribution in [3.8, 4) is 5.75 Å². The number of methoxy groups -OCH3 is 1. The standard InChI is InChI=1S/C35H38BrN3O5S/c1-4-26(2)37-35(41)33(23-27-12-7-5-8-13-27)38(24-28-14-11-15-29(36)22-28)34(40)25-39(30-16-9-6-10-17-30)45(42,43)32-20-18-31(44-3)19-21-32/h5-22,26,33H,4,23-25H2,1-3H3,(H,37,41). The second-order valence-corrected chi connectivity index (χ2v) is 13.5. The summed E-state index contributed by atoms with van der Waals surface area (Å²) >= 11 is 3.50. The van der Waals surface area contributed by atoms with Gasteiger partial charge in [-0.3, -0.25) is 13.9 Å². The zero-order chi connectivity index (χ0) is 32.4. The monoisotopic (exact) mass is 691 g/mol. The van der Waals surface area contributed by atoms with Gasteiger partial charge < -0.3 is 15.0 Å². The molecule has 2 atom stereocenters. The van der Waals surface area contributed by atoms with Crippen molar-refractivity contribution in [2.75, 3.05) is 18.0 Å². The Hall–Kier alpha value is -4.15. The molecule has 0 spiro atoms. The average molecular weight is 693 g/mol. The van der Waals surface area contributed by atoms with Crippen LogP contribution in [0.1, 0.15) is 31.4 Å². The summed E-state index contributed by atoms with van der Waals surface area (Å²) in [5.41, 5.74) is 1.99. The summed E-state index contributed by atoms with van der Waals surface area (Å²) < 4.78 is 35.3. The van der Waals surface area contributed by atoms with Crippen LogP contribution in [-0.4, -0.2) is 50.9 Å². The third-order valence-electron chi connectivity index (χ3n) is 7.48. The Balaban J connectivity index is 1.79. The van der Waals surface area contributed by atoms with Crippen LogP contribution in [-0.2, 0) is 32.6 Å². The van der Waals surface area contributed by atoms with E-state index in [1.807, 2.05) is 68.4 Å². The molecule has 4 aromatic carbocycles. The van der Waals surface area contributed by atoms with E-state index in [-0.39, 0.29) is 29.8 Å². The molecular weight excluding hydrogens is 654 g/mol. The number of carbonyl (C=O) groups excluding carboxylic acids is 2. The zero-order valence-electron chi connectivity index (χ0n) is 25.6. The van der Waals surface area contributed by atoms with Gasteiger partial charge in [0, 0.05) is 23.5 Å². The summed E-state index contributed by atoms with van der Waals surface area (Å²) in [7, 11) is -2.69. The van der Waals surface area contributed by atoms with Gasteiger partial charge in [-0.2, -0.15) is 0 Å². The summed E-state index contributed by atoms with van der Waals surface area (Å²) in [5.74, 6) is -0.315. The number of nitrogens with one attached hydrogen (secondary N) is 1. The Morgan fingerprint density at radius 2 is 1.49 bits per heavy atom. The van der Waals surface area contributed by atoms with Crippen molar-refractivity contribution in [2.24, 2.45) is 0 Å². The molecule has 0 fully saturated rings. The first-order valence-electron chi connectivity index (χ1n) is 14.7. The van der Waals surface area contributed by atoms with Crippen LogP contribution in [0.3, 0.4) is 0 Å². The van der Waals surface area contributed by atoms with Crippen molar-refractivity contribution in [3.05, 3.63) is 125 Å². The Morgan fingerprint density at radius 1 is 0.867 bits per heavy atom. The summed E-state index contributed by atoms with van der Waals surface area (Å²) in [4.78, 5) is 29.9. The molecule has 1 N–H and O–H groups in total. The minimum atomic E-state index is -4.19. The maximum absolute atomic E-state index is 14.5. The van der Waals surface area contributed by atoms with E-state index in [2.05, 4.69) is 21.2 Å². The van der Waals surface area contributed by atoms with Crippen LogP contribution in [0.25, 0.3) is 0 Å². The molecule has 8 nitrogen and oxygen atoms in total. The number of rotatable bonds is 14. The SMILES string of the molecule is CCC(C)NC(=O)C(Cc1ccccc1)N(Cc1cccc(Br)c1)C(=O)CN(c1ccccc1)S(=O)(=O)c1ccc(OC)cc1. The summed E-state index contributed by atoms with van der Waals surface area (Å²) in [6, 6.07) is 30.5. The van der Waals surface area contributed by atoms with Crippen LogP contribution in [0.2, 0.25) is 0 Å². The van der Waals surface area contributed by atoms with E-state index >= 15 is 0 Å². The molecule has 2 unspecified atom stereocenters. The molecule has 0 saturated carbocycles. The molecule has 0 aliphatic carbocycles. The molecule has 0 aliphatic rings. The van der Waals surface area contributed by atoms with E-state index in [0.29, 0.717) is 17.9 Å². The fourth-order valence-electron chi connectivity index (χ4n) is 4.82. The first kappa shape index (κ1) is 33.7. The molecule has 0 saturated heterocycles. The first-order chi connectivity index (χ1) is 21.6. The average Bonchev–Trinajstić information content (AvgIpc) is 3.05. The van der Waals surface area contributed by atoms with E-state index < -0.39 is 28.5 Å². The van der Waals surface area contributed by atoms with E-state index in [0.717, 1.165) is 19.9 Å². The van der Waals surface area contributed by atoms with Gasteiger partial charge in [-0.25, -0.2) is 8.42 Å². The Kier molecular flexibility index (Phi) is 11.8. The highest BCUT2D eigenvalue weighted by Gasteiger charge is 2.35. The number of carbonyl (C=O) groups is 2. The molecule has 236 valence electrons. The Bertz CT molecular complexity index is 1670. The minimum absolute atomic E-state index is 0.00819. The molecule has 0 radical (unpaired) electrons. The fourth-order valence-corrected chi connectivity index (χ4v) is 6.69. The number of para-hydroxylation sites is 1. The minimum Gasteiger partial charge on any atom is -0.497 e. The van der Waals surface area contributed by atoms with Gasteiger partial charge in [-0.15, -0.1) is 0 Å². The number of hydrogen-bond acceptors (Lipinski definition) is 5. The fraction of sp³-hybridized carbons (Fsp3) is 0.257. The lowest BCUT2D eigenvalue weighted by Gasteiger charge is -2.34. The molecule has 45 heavy (non-hydrogen) atoms. The third kappa shape index (κ3) is 8.95. The van der Waals surface area contributed by atoms with E-state index in [1.165, 1.54) is 24.1 Å². The number of benzene rings is 4. The van der Waals surface area contributed by atoms with Crippen molar-refractivity contribution in [1.29, 1.82) is 0 Å². The van der Waals surface area contributed by atoms with Gasteiger partial charge in [0.25, 0.3) is 10.0 Å². The third-order valence-corrected chi connectivity index (χ3v) is 9.77. The van der Waals surface area contributed by atoms with Crippen molar-refractivity contribution >= 4 is 43.5 Å². The molecule has 10 heteroatoms. The molecule has 0 bridgehead atoms. The van der Waals surface area contributed by atoms with Crippen molar-refractivity contribution < 1.29 is 22.7 Å². The largest absolute Gasteiger partial charge is 0.497 e. The lowest BCUT2D eigenvalue weighted by molar-refractivity contribution is -0.140. The van der Waals surface area contributed by atoms with E-state index in [9.17, 15) is 18.0 Å². The molecule has 2 amide bonds. The molecule has 4 aromatic rings. The van der Waals surface area contributed by atoms with Crippen LogP contribution >= 0.6 is 15.9 Å². The summed E-state index contributed by atoms with van der Waals surface area (Å²) in [6.45, 7) is 3.46. The highest BCUT2D eigenvalue weighted by atomic mass is 79.9. The second kappa shape index (κ2) is 15.7. The second-order valence-electron chi connectivity index (χ2n) is 10.7. The maximum atomic E-state index is 14.5.